The fraction of sp³-hybridized carbons (Fsp3) is 0.571. The maximum Gasteiger partial charge on any atom is 0.417 e. The van der Waals surface area contributed by atoms with Crippen molar-refractivity contribution in [3.8, 4) is 0 Å². The van der Waals surface area contributed by atoms with Gasteiger partial charge in [-0.05, 0) is 25.0 Å². The van der Waals surface area contributed by atoms with Gasteiger partial charge in [0.15, 0.2) is 9.84 Å². The number of benzene rings is 1. The van der Waals surface area contributed by atoms with Gasteiger partial charge in [0.2, 0.25) is 0 Å². The van der Waals surface area contributed by atoms with E-state index in [1.807, 2.05) is 0 Å². The van der Waals surface area contributed by atoms with Crippen molar-refractivity contribution in [1.82, 2.24) is 0 Å². The maximum atomic E-state index is 13.0. The largest absolute Gasteiger partial charge is 0.417 e. The molecule has 0 heterocycles. The Morgan fingerprint density at radius 1 is 1.05 bits per heavy atom. The van der Waals surface area contributed by atoms with Gasteiger partial charge in [0.1, 0.15) is 0 Å². The summed E-state index contributed by atoms with van der Waals surface area (Å²) in [5.41, 5.74) is 4.79. The van der Waals surface area contributed by atoms with Crippen LogP contribution in [0.5, 0.6) is 0 Å². The molecule has 1 fully saturated rings. The van der Waals surface area contributed by atoms with Gasteiger partial charge in [-0.2, -0.15) is 13.2 Å². The lowest BCUT2D eigenvalue weighted by Crippen LogP contribution is -2.40. The fourth-order valence-corrected chi connectivity index (χ4v) is 4.96. The summed E-state index contributed by atoms with van der Waals surface area (Å²) in [6, 6.07) is 3.71. The van der Waals surface area contributed by atoms with E-state index in [1.165, 1.54) is 12.1 Å². The summed E-state index contributed by atoms with van der Waals surface area (Å²) in [7, 11) is -4.09. The summed E-state index contributed by atoms with van der Waals surface area (Å²) in [6.07, 6.45) is -1.51. The summed E-state index contributed by atoms with van der Waals surface area (Å²) in [5, 5.41) is -0.941. The molecule has 2 atom stereocenters. The molecule has 118 valence electrons. The predicted molar refractivity (Wildman–Crippen MR) is 73.5 cm³/mol. The molecule has 1 saturated carbocycles. The molecule has 7 heteroatoms. The van der Waals surface area contributed by atoms with Crippen LogP contribution >= 0.6 is 0 Å². The Morgan fingerprint density at radius 2 is 1.67 bits per heavy atom. The van der Waals surface area contributed by atoms with Crippen LogP contribution in [0.3, 0.4) is 0 Å². The molecule has 0 aliphatic heterocycles. The van der Waals surface area contributed by atoms with E-state index in [0.29, 0.717) is 19.3 Å². The van der Waals surface area contributed by atoms with Crippen LogP contribution in [0.2, 0.25) is 0 Å². The zero-order valence-electron chi connectivity index (χ0n) is 11.4. The summed E-state index contributed by atoms with van der Waals surface area (Å²) < 4.78 is 64.4. The van der Waals surface area contributed by atoms with Gasteiger partial charge in [0.25, 0.3) is 0 Å². The molecular formula is C14H18F3NO2S. The minimum Gasteiger partial charge on any atom is -0.327 e. The van der Waals surface area contributed by atoms with Crippen molar-refractivity contribution in [2.75, 3.05) is 0 Å². The van der Waals surface area contributed by atoms with Crippen molar-refractivity contribution in [3.63, 3.8) is 0 Å². The van der Waals surface area contributed by atoms with E-state index in [0.717, 1.165) is 25.0 Å². The van der Waals surface area contributed by atoms with Crippen LogP contribution in [0.4, 0.5) is 13.2 Å². The molecule has 1 aromatic rings. The first-order valence-corrected chi connectivity index (χ1v) is 8.45. The monoisotopic (exact) mass is 321 g/mol. The molecule has 3 nitrogen and oxygen atoms in total. The summed E-state index contributed by atoms with van der Waals surface area (Å²) >= 11 is 0. The SMILES string of the molecule is NC1CCCCCC1S(=O)(=O)c1ccccc1C(F)(F)F. The fourth-order valence-electron chi connectivity index (χ4n) is 2.80. The Bertz CT molecular complexity index is 598. The van der Waals surface area contributed by atoms with Gasteiger partial charge in [-0.1, -0.05) is 31.4 Å². The normalized spacial score (nSPS) is 24.6. The predicted octanol–water partition coefficient (Wildman–Crippen LogP) is 3.14. The molecule has 21 heavy (non-hydrogen) atoms. The van der Waals surface area contributed by atoms with Gasteiger partial charge >= 0.3 is 6.18 Å². The highest BCUT2D eigenvalue weighted by Crippen LogP contribution is 2.37. The second kappa shape index (κ2) is 5.96. The third-order valence-electron chi connectivity index (χ3n) is 3.90. The van der Waals surface area contributed by atoms with Crippen molar-refractivity contribution in [2.24, 2.45) is 5.73 Å². The third kappa shape index (κ3) is 3.40. The van der Waals surface area contributed by atoms with Crippen LogP contribution in [0.1, 0.15) is 37.7 Å². The Morgan fingerprint density at radius 3 is 2.33 bits per heavy atom. The van der Waals surface area contributed by atoms with E-state index in [1.54, 1.807) is 0 Å². The lowest BCUT2D eigenvalue weighted by Gasteiger charge is -2.23. The molecule has 0 bridgehead atoms. The minimum absolute atomic E-state index is 0.315. The van der Waals surface area contributed by atoms with Gasteiger partial charge in [-0.15, -0.1) is 0 Å². The lowest BCUT2D eigenvalue weighted by atomic mass is 10.1. The zero-order chi connectivity index (χ0) is 15.7. The van der Waals surface area contributed by atoms with E-state index in [9.17, 15) is 21.6 Å². The smallest absolute Gasteiger partial charge is 0.327 e. The van der Waals surface area contributed by atoms with E-state index in [2.05, 4.69) is 0 Å². The highest BCUT2D eigenvalue weighted by atomic mass is 32.2. The molecule has 0 aromatic heterocycles. The van der Waals surface area contributed by atoms with Crippen LogP contribution in [-0.2, 0) is 16.0 Å². The van der Waals surface area contributed by atoms with Crippen LogP contribution in [-0.4, -0.2) is 19.7 Å². The number of nitrogens with two attached hydrogens (primary N) is 1. The number of alkyl halides is 3. The van der Waals surface area contributed by atoms with E-state index in [4.69, 9.17) is 5.73 Å². The van der Waals surface area contributed by atoms with Gasteiger partial charge < -0.3 is 5.73 Å². The molecule has 1 aromatic carbocycles. The maximum absolute atomic E-state index is 13.0. The lowest BCUT2D eigenvalue weighted by molar-refractivity contribution is -0.139. The van der Waals surface area contributed by atoms with Gasteiger partial charge in [0.05, 0.1) is 15.7 Å². The van der Waals surface area contributed by atoms with Crippen LogP contribution in [0, 0.1) is 0 Å². The molecule has 2 rings (SSSR count). The molecule has 0 amide bonds. The quantitative estimate of drug-likeness (QED) is 0.851. The average Bonchev–Trinajstić information content (AvgIpc) is 2.63. The Balaban J connectivity index is 2.49. The topological polar surface area (TPSA) is 60.2 Å². The highest BCUT2D eigenvalue weighted by Gasteiger charge is 2.41. The number of hydrogen-bond acceptors (Lipinski definition) is 3. The molecule has 2 unspecified atom stereocenters. The van der Waals surface area contributed by atoms with Gasteiger partial charge in [0, 0.05) is 6.04 Å². The molecule has 0 radical (unpaired) electrons. The Kier molecular flexibility index (Phi) is 4.63. The van der Waals surface area contributed by atoms with Crippen LogP contribution < -0.4 is 5.73 Å². The summed E-state index contributed by atoms with van der Waals surface area (Å²) in [4.78, 5) is -0.653. The second-order valence-corrected chi connectivity index (χ2v) is 7.51. The van der Waals surface area contributed by atoms with Crippen LogP contribution in [0.15, 0.2) is 29.2 Å². The van der Waals surface area contributed by atoms with Crippen molar-refractivity contribution in [1.29, 1.82) is 0 Å². The van der Waals surface area contributed by atoms with Crippen molar-refractivity contribution in [2.45, 2.75) is 54.5 Å². The number of halogens is 3. The molecular weight excluding hydrogens is 303 g/mol. The highest BCUT2D eigenvalue weighted by molar-refractivity contribution is 7.92. The molecule has 2 N–H and O–H groups in total. The summed E-state index contributed by atoms with van der Waals surface area (Å²) in [6.45, 7) is 0. The first-order chi connectivity index (χ1) is 9.74. The molecule has 0 spiro atoms. The second-order valence-electron chi connectivity index (χ2n) is 5.38. The Hall–Kier alpha value is -1.08. The first-order valence-electron chi connectivity index (χ1n) is 6.90. The summed E-state index contributed by atoms with van der Waals surface area (Å²) in [5.74, 6) is 0. The van der Waals surface area contributed by atoms with Gasteiger partial charge in [-0.25, -0.2) is 8.42 Å². The average molecular weight is 321 g/mol. The minimum atomic E-state index is -4.70. The molecule has 1 aliphatic rings. The number of hydrogen-bond donors (Lipinski definition) is 1. The zero-order valence-corrected chi connectivity index (χ0v) is 12.3. The standard InChI is InChI=1S/C14H18F3NO2S/c15-14(16,17)10-6-4-5-8-12(10)21(19,20)13-9-3-1-2-7-11(13)18/h4-6,8,11,13H,1-3,7,9,18H2. The van der Waals surface area contributed by atoms with Crippen molar-refractivity contribution in [3.05, 3.63) is 29.8 Å². The van der Waals surface area contributed by atoms with E-state index >= 15 is 0 Å². The third-order valence-corrected chi connectivity index (χ3v) is 6.25. The first kappa shape index (κ1) is 16.3. The van der Waals surface area contributed by atoms with E-state index < -0.39 is 37.8 Å². The molecule has 0 saturated heterocycles. The Labute approximate surface area is 122 Å². The van der Waals surface area contributed by atoms with Gasteiger partial charge in [-0.3, -0.25) is 0 Å². The number of sulfone groups is 1. The van der Waals surface area contributed by atoms with E-state index in [-0.39, 0.29) is 0 Å². The molecule has 1 aliphatic carbocycles. The van der Waals surface area contributed by atoms with Crippen molar-refractivity contribution >= 4 is 9.84 Å². The van der Waals surface area contributed by atoms with Crippen LogP contribution in [0.25, 0.3) is 0 Å². The van der Waals surface area contributed by atoms with Crippen molar-refractivity contribution < 1.29 is 21.6 Å². The number of rotatable bonds is 2.